The van der Waals surface area contributed by atoms with Crippen molar-refractivity contribution in [2.75, 3.05) is 25.0 Å². The lowest BCUT2D eigenvalue weighted by molar-refractivity contribution is 0.183. The van der Waals surface area contributed by atoms with Crippen LogP contribution in [-0.2, 0) is 6.42 Å². The molecule has 0 aliphatic carbocycles. The van der Waals surface area contributed by atoms with Crippen molar-refractivity contribution in [3.63, 3.8) is 0 Å². The molecule has 0 unspecified atom stereocenters. The lowest BCUT2D eigenvalue weighted by atomic mass is 10.1. The molecule has 8 nitrogen and oxygen atoms in total. The number of anilines is 1. The van der Waals surface area contributed by atoms with Crippen LogP contribution in [0.25, 0.3) is 0 Å². The van der Waals surface area contributed by atoms with Gasteiger partial charge in [-0.25, -0.2) is 14.8 Å². The number of nitrogens with one attached hydrogen (secondary N) is 2. The number of hydrogen-bond acceptors (Lipinski definition) is 6. The first-order valence-electron chi connectivity index (χ1n) is 10.1. The van der Waals surface area contributed by atoms with E-state index in [9.17, 15) is 4.79 Å². The molecule has 2 aromatic heterocycles. The van der Waals surface area contributed by atoms with Crippen molar-refractivity contribution in [1.29, 1.82) is 0 Å². The summed E-state index contributed by atoms with van der Waals surface area (Å²) in [6.45, 7) is 7.88. The predicted molar refractivity (Wildman–Crippen MR) is 107 cm³/mol. The minimum Gasteiger partial charge on any atom is -0.368 e. The van der Waals surface area contributed by atoms with Gasteiger partial charge in [0.15, 0.2) is 5.76 Å². The monoisotopic (exact) mass is 386 g/mol. The first-order chi connectivity index (χ1) is 13.6. The lowest BCUT2D eigenvalue weighted by Gasteiger charge is -2.23. The highest BCUT2D eigenvalue weighted by Crippen LogP contribution is 2.32. The number of urea groups is 1. The number of aromatic nitrogens is 3. The first kappa shape index (κ1) is 20.1. The highest BCUT2D eigenvalue weighted by Gasteiger charge is 2.32. The van der Waals surface area contributed by atoms with Crippen LogP contribution in [0.3, 0.4) is 0 Å². The fraction of sp³-hybridized carbons (Fsp3) is 0.600. The van der Waals surface area contributed by atoms with Gasteiger partial charge in [0.2, 0.25) is 0 Å². The third kappa shape index (κ3) is 5.21. The quantitative estimate of drug-likeness (QED) is 0.675. The number of carbonyl (C=O) groups is 1. The SMILES string of the molecule is CCCCc1nc(C)cc(NCCNC(=O)N2CCC[C@@H]2c2cc(C)no2)n1. The van der Waals surface area contributed by atoms with Gasteiger partial charge in [0.25, 0.3) is 0 Å². The van der Waals surface area contributed by atoms with Crippen LogP contribution < -0.4 is 10.6 Å². The van der Waals surface area contributed by atoms with Gasteiger partial charge in [-0.2, -0.15) is 0 Å². The van der Waals surface area contributed by atoms with Crippen LogP contribution in [0.1, 0.15) is 61.6 Å². The normalized spacial score (nSPS) is 16.4. The van der Waals surface area contributed by atoms with E-state index in [4.69, 9.17) is 4.52 Å². The zero-order valence-electron chi connectivity index (χ0n) is 17.0. The van der Waals surface area contributed by atoms with Crippen LogP contribution >= 0.6 is 0 Å². The Bertz CT molecular complexity index is 791. The van der Waals surface area contributed by atoms with E-state index >= 15 is 0 Å². The van der Waals surface area contributed by atoms with Crippen molar-refractivity contribution < 1.29 is 9.32 Å². The summed E-state index contributed by atoms with van der Waals surface area (Å²) in [4.78, 5) is 23.4. The molecule has 1 saturated heterocycles. The lowest BCUT2D eigenvalue weighted by Crippen LogP contribution is -2.41. The van der Waals surface area contributed by atoms with Gasteiger partial charge in [0, 0.05) is 43.9 Å². The molecule has 3 heterocycles. The molecule has 0 bridgehead atoms. The molecule has 1 aliphatic rings. The number of aryl methyl sites for hydroxylation is 3. The molecule has 3 rings (SSSR count). The zero-order chi connectivity index (χ0) is 19.9. The maximum Gasteiger partial charge on any atom is 0.318 e. The molecule has 2 amide bonds. The zero-order valence-corrected chi connectivity index (χ0v) is 17.0. The molecule has 2 N–H and O–H groups in total. The van der Waals surface area contributed by atoms with E-state index in [1.807, 2.05) is 30.9 Å². The van der Waals surface area contributed by atoms with Crippen molar-refractivity contribution in [2.24, 2.45) is 0 Å². The number of amides is 2. The molecule has 0 saturated carbocycles. The van der Waals surface area contributed by atoms with E-state index in [0.29, 0.717) is 13.1 Å². The van der Waals surface area contributed by atoms with E-state index in [1.165, 1.54) is 0 Å². The van der Waals surface area contributed by atoms with Crippen LogP contribution in [-0.4, -0.2) is 45.7 Å². The van der Waals surface area contributed by atoms with Gasteiger partial charge in [0.05, 0.1) is 11.7 Å². The van der Waals surface area contributed by atoms with Gasteiger partial charge in [0.1, 0.15) is 11.6 Å². The van der Waals surface area contributed by atoms with Gasteiger partial charge in [-0.15, -0.1) is 0 Å². The van der Waals surface area contributed by atoms with Crippen LogP contribution in [0.15, 0.2) is 16.7 Å². The maximum atomic E-state index is 12.6. The van der Waals surface area contributed by atoms with Gasteiger partial charge >= 0.3 is 6.03 Å². The van der Waals surface area contributed by atoms with E-state index < -0.39 is 0 Å². The highest BCUT2D eigenvalue weighted by molar-refractivity contribution is 5.75. The van der Waals surface area contributed by atoms with E-state index in [2.05, 4.69) is 32.7 Å². The van der Waals surface area contributed by atoms with Gasteiger partial charge in [-0.1, -0.05) is 18.5 Å². The third-order valence-corrected chi connectivity index (χ3v) is 4.85. The summed E-state index contributed by atoms with van der Waals surface area (Å²) in [5, 5.41) is 10.2. The Labute approximate surface area is 166 Å². The average molecular weight is 387 g/mol. The molecular weight excluding hydrogens is 356 g/mol. The van der Waals surface area contributed by atoms with E-state index in [-0.39, 0.29) is 12.1 Å². The molecule has 1 fully saturated rings. The average Bonchev–Trinajstić information content (AvgIpc) is 3.31. The molecule has 1 aliphatic heterocycles. The molecule has 28 heavy (non-hydrogen) atoms. The van der Waals surface area contributed by atoms with E-state index in [1.54, 1.807) is 0 Å². The summed E-state index contributed by atoms with van der Waals surface area (Å²) in [6.07, 6.45) is 4.97. The van der Waals surface area contributed by atoms with Crippen molar-refractivity contribution >= 4 is 11.8 Å². The number of unbranched alkanes of at least 4 members (excludes halogenated alkanes) is 1. The summed E-state index contributed by atoms with van der Waals surface area (Å²) in [7, 11) is 0. The Hall–Kier alpha value is -2.64. The highest BCUT2D eigenvalue weighted by atomic mass is 16.5. The molecule has 0 radical (unpaired) electrons. The standard InChI is InChI=1S/C20H30N6O2/c1-4-5-8-18-23-14(2)13-19(24-18)21-9-10-22-20(27)26-11-6-7-16(26)17-12-15(3)25-28-17/h12-13,16H,4-11H2,1-3H3,(H,22,27)(H,21,23,24)/t16-/m1/s1. The topological polar surface area (TPSA) is 96.2 Å². The van der Waals surface area contributed by atoms with Gasteiger partial charge in [-0.05, 0) is 33.1 Å². The Morgan fingerprint density at radius 2 is 2.11 bits per heavy atom. The van der Waals surface area contributed by atoms with Crippen LogP contribution in [0.2, 0.25) is 0 Å². The largest absolute Gasteiger partial charge is 0.368 e. The first-order valence-corrected chi connectivity index (χ1v) is 10.1. The molecule has 8 heteroatoms. The summed E-state index contributed by atoms with van der Waals surface area (Å²) in [5.74, 6) is 2.44. The van der Waals surface area contributed by atoms with Crippen molar-refractivity contribution in [3.8, 4) is 0 Å². The van der Waals surface area contributed by atoms with Gasteiger partial charge in [-0.3, -0.25) is 0 Å². The molecule has 0 aromatic carbocycles. The van der Waals surface area contributed by atoms with Gasteiger partial charge < -0.3 is 20.1 Å². The second kappa shape index (κ2) is 9.52. The minimum absolute atomic E-state index is 0.0280. The summed E-state index contributed by atoms with van der Waals surface area (Å²) in [6, 6.07) is 3.74. The molecule has 0 spiro atoms. The second-order valence-corrected chi connectivity index (χ2v) is 7.30. The van der Waals surface area contributed by atoms with Crippen molar-refractivity contribution in [1.82, 2.24) is 25.3 Å². The van der Waals surface area contributed by atoms with Crippen LogP contribution in [0.5, 0.6) is 0 Å². The Kier molecular flexibility index (Phi) is 6.84. The van der Waals surface area contributed by atoms with Crippen LogP contribution in [0.4, 0.5) is 10.6 Å². The Balaban J connectivity index is 1.47. The summed E-state index contributed by atoms with van der Waals surface area (Å²) in [5.41, 5.74) is 1.79. The molecule has 152 valence electrons. The molecular formula is C20H30N6O2. The number of hydrogen-bond donors (Lipinski definition) is 2. The Morgan fingerprint density at radius 3 is 2.86 bits per heavy atom. The Morgan fingerprint density at radius 1 is 1.25 bits per heavy atom. The number of carbonyl (C=O) groups excluding carboxylic acids is 1. The molecule has 2 aromatic rings. The number of rotatable bonds is 8. The number of likely N-dealkylation sites (tertiary alicyclic amines) is 1. The fourth-order valence-electron chi connectivity index (χ4n) is 3.47. The second-order valence-electron chi connectivity index (χ2n) is 7.30. The van der Waals surface area contributed by atoms with Crippen LogP contribution in [0, 0.1) is 13.8 Å². The smallest absolute Gasteiger partial charge is 0.318 e. The maximum absolute atomic E-state index is 12.6. The summed E-state index contributed by atoms with van der Waals surface area (Å²) >= 11 is 0. The summed E-state index contributed by atoms with van der Waals surface area (Å²) < 4.78 is 5.36. The molecule has 1 atom stereocenters. The predicted octanol–water partition coefficient (Wildman–Crippen LogP) is 3.38. The third-order valence-electron chi connectivity index (χ3n) is 4.85. The van der Waals surface area contributed by atoms with Crippen molar-refractivity contribution in [2.45, 2.75) is 58.9 Å². The number of nitrogens with zero attached hydrogens (tertiary/aromatic N) is 4. The minimum atomic E-state index is -0.0687. The van der Waals surface area contributed by atoms with E-state index in [0.717, 1.165) is 67.4 Å². The van der Waals surface area contributed by atoms with Crippen molar-refractivity contribution in [3.05, 3.63) is 35.1 Å². The fourth-order valence-corrected chi connectivity index (χ4v) is 3.47.